The Kier molecular flexibility index (Phi) is 13.7. The van der Waals surface area contributed by atoms with Crippen LogP contribution >= 0.6 is 46.3 Å². The lowest BCUT2D eigenvalue weighted by Crippen LogP contribution is -2.39. The number of rotatable bonds is 11. The van der Waals surface area contributed by atoms with Gasteiger partial charge in [-0.3, -0.25) is 14.4 Å². The summed E-state index contributed by atoms with van der Waals surface area (Å²) < 4.78 is 10.9. The molecule has 5 rings (SSSR count). The number of esters is 1. The third-order valence-electron chi connectivity index (χ3n) is 7.99. The fraction of sp³-hybridized carbons (Fsp3) is 0.275. The minimum Gasteiger partial charge on any atom is -0.462 e. The summed E-state index contributed by atoms with van der Waals surface area (Å²) in [6.07, 6.45) is 1.41. The highest BCUT2D eigenvalue weighted by molar-refractivity contribution is 8.00. The van der Waals surface area contributed by atoms with Gasteiger partial charge in [0.2, 0.25) is 5.91 Å². The topological polar surface area (TPSA) is 143 Å². The van der Waals surface area contributed by atoms with Crippen LogP contribution in [0.3, 0.4) is 0 Å². The molecule has 0 aliphatic carbocycles. The Morgan fingerprint density at radius 2 is 1.73 bits per heavy atom. The van der Waals surface area contributed by atoms with Gasteiger partial charge in [0.1, 0.15) is 16.3 Å². The van der Waals surface area contributed by atoms with Crippen LogP contribution in [0.15, 0.2) is 83.4 Å². The van der Waals surface area contributed by atoms with Gasteiger partial charge in [-0.15, -0.1) is 23.1 Å². The molecule has 1 unspecified atom stereocenters. The summed E-state index contributed by atoms with van der Waals surface area (Å²) in [7, 11) is 0. The van der Waals surface area contributed by atoms with Gasteiger partial charge in [0.25, 0.3) is 11.8 Å². The molecular formula is C40H40Cl2N4O7S2. The zero-order chi connectivity index (χ0) is 39.9. The van der Waals surface area contributed by atoms with Gasteiger partial charge in [0, 0.05) is 37.6 Å². The van der Waals surface area contributed by atoms with E-state index >= 15 is 0 Å². The van der Waals surface area contributed by atoms with Gasteiger partial charge in [0.15, 0.2) is 0 Å². The molecule has 55 heavy (non-hydrogen) atoms. The number of nitrogens with zero attached hydrogens (tertiary/aromatic N) is 1. The van der Waals surface area contributed by atoms with Crippen molar-refractivity contribution in [2.24, 2.45) is 0 Å². The molecule has 2 heterocycles. The number of halogens is 2. The largest absolute Gasteiger partial charge is 0.462 e. The predicted molar refractivity (Wildman–Crippen MR) is 218 cm³/mol. The second-order valence-electron chi connectivity index (χ2n) is 13.4. The molecule has 1 aliphatic rings. The van der Waals surface area contributed by atoms with E-state index in [1.807, 2.05) is 0 Å². The van der Waals surface area contributed by atoms with E-state index in [1.54, 1.807) is 106 Å². The maximum absolute atomic E-state index is 13.6. The van der Waals surface area contributed by atoms with Crippen LogP contribution in [0.5, 0.6) is 0 Å². The van der Waals surface area contributed by atoms with E-state index in [4.69, 9.17) is 32.7 Å². The SMILES string of the molecule is CCOC(=O)c1c(NC(=O)C(C)Sc2cccc(NC(=O)/C(=C\c3ccc(Cl)cc3Cl)NC(=O)c3ccccc3)c2)sc2c1CCN(C(=O)OC(C)(C)C)C2. The monoisotopic (exact) mass is 822 g/mol. The number of fused-ring (bicyclic) bond motifs is 1. The van der Waals surface area contributed by atoms with Gasteiger partial charge < -0.3 is 30.3 Å². The molecule has 0 bridgehead atoms. The van der Waals surface area contributed by atoms with Crippen LogP contribution < -0.4 is 16.0 Å². The van der Waals surface area contributed by atoms with Crippen molar-refractivity contribution in [3.05, 3.63) is 116 Å². The Labute approximate surface area is 337 Å². The van der Waals surface area contributed by atoms with Crippen molar-refractivity contribution in [3.8, 4) is 0 Å². The van der Waals surface area contributed by atoms with Gasteiger partial charge in [-0.05, 0) is 101 Å². The number of carbonyl (C=O) groups is 5. The van der Waals surface area contributed by atoms with E-state index in [9.17, 15) is 24.0 Å². The molecule has 0 saturated heterocycles. The van der Waals surface area contributed by atoms with Crippen molar-refractivity contribution in [2.75, 3.05) is 23.8 Å². The molecular weight excluding hydrogens is 784 g/mol. The van der Waals surface area contributed by atoms with Crippen molar-refractivity contribution in [1.29, 1.82) is 0 Å². The molecule has 0 radical (unpaired) electrons. The first-order valence-corrected chi connectivity index (χ1v) is 19.8. The summed E-state index contributed by atoms with van der Waals surface area (Å²) in [6, 6.07) is 20.2. The Bertz CT molecular complexity index is 2130. The Morgan fingerprint density at radius 1 is 0.982 bits per heavy atom. The molecule has 0 spiro atoms. The van der Waals surface area contributed by atoms with Gasteiger partial charge >= 0.3 is 12.1 Å². The molecule has 11 nitrogen and oxygen atoms in total. The van der Waals surface area contributed by atoms with Crippen molar-refractivity contribution < 1.29 is 33.4 Å². The number of thioether (sulfide) groups is 1. The third kappa shape index (κ3) is 11.1. The molecule has 4 amide bonds. The minimum absolute atomic E-state index is 0.0610. The number of anilines is 2. The van der Waals surface area contributed by atoms with E-state index in [-0.39, 0.29) is 29.8 Å². The minimum atomic E-state index is -0.659. The summed E-state index contributed by atoms with van der Waals surface area (Å²) in [5.74, 6) is -2.01. The predicted octanol–water partition coefficient (Wildman–Crippen LogP) is 9.05. The summed E-state index contributed by atoms with van der Waals surface area (Å²) in [5.41, 5.74) is 1.55. The molecule has 288 valence electrons. The van der Waals surface area contributed by atoms with Crippen LogP contribution in [0, 0.1) is 0 Å². The van der Waals surface area contributed by atoms with Crippen LogP contribution in [0.25, 0.3) is 6.08 Å². The summed E-state index contributed by atoms with van der Waals surface area (Å²) in [5, 5.41) is 8.86. The molecule has 4 aromatic rings. The second kappa shape index (κ2) is 18.2. The standard InChI is InChI=1S/C40H40Cl2N4O7S2/c1-6-52-38(50)33-29-17-18-46(39(51)53-40(3,4)5)22-32(29)55-37(33)45-34(47)23(2)54-28-14-10-13-27(21-28)43-36(49)31(19-25-15-16-26(41)20-30(25)42)44-35(48)24-11-8-7-9-12-24/h7-16,19-21,23H,6,17-18,22H2,1-5H3,(H,43,49)(H,44,48)(H,45,47)/b31-19+. The molecule has 15 heteroatoms. The molecule has 0 saturated carbocycles. The van der Waals surface area contributed by atoms with Crippen molar-refractivity contribution >= 4 is 92.8 Å². The average Bonchev–Trinajstić information content (AvgIpc) is 3.49. The van der Waals surface area contributed by atoms with Crippen LogP contribution in [0.4, 0.5) is 15.5 Å². The zero-order valence-electron chi connectivity index (χ0n) is 30.8. The second-order valence-corrected chi connectivity index (χ2v) is 16.7. The van der Waals surface area contributed by atoms with E-state index < -0.39 is 34.7 Å². The maximum Gasteiger partial charge on any atom is 0.410 e. The maximum atomic E-state index is 13.6. The first kappa shape index (κ1) is 41.3. The highest BCUT2D eigenvalue weighted by atomic mass is 35.5. The first-order chi connectivity index (χ1) is 26.1. The quantitative estimate of drug-likeness (QED) is 0.0773. The fourth-order valence-corrected chi connectivity index (χ4v) is 8.07. The summed E-state index contributed by atoms with van der Waals surface area (Å²) in [4.78, 5) is 69.2. The van der Waals surface area contributed by atoms with Crippen molar-refractivity contribution in [1.82, 2.24) is 10.2 Å². The molecule has 3 N–H and O–H groups in total. The van der Waals surface area contributed by atoms with Gasteiger partial charge in [-0.2, -0.15) is 0 Å². The Balaban J connectivity index is 1.30. The summed E-state index contributed by atoms with van der Waals surface area (Å²) >= 11 is 14.9. The normalized spacial score (nSPS) is 13.3. The lowest BCUT2D eigenvalue weighted by Gasteiger charge is -2.30. The van der Waals surface area contributed by atoms with E-state index in [1.165, 1.54) is 35.2 Å². The number of benzene rings is 3. The highest BCUT2D eigenvalue weighted by Crippen LogP contribution is 2.39. The van der Waals surface area contributed by atoms with Gasteiger partial charge in [-0.1, -0.05) is 53.5 Å². The van der Waals surface area contributed by atoms with Crippen LogP contribution in [-0.2, 0) is 32.0 Å². The molecule has 1 atom stereocenters. The van der Waals surface area contributed by atoms with E-state index in [0.717, 1.165) is 10.4 Å². The number of hydrogen-bond acceptors (Lipinski definition) is 9. The van der Waals surface area contributed by atoms with Crippen molar-refractivity contribution in [3.63, 3.8) is 0 Å². The van der Waals surface area contributed by atoms with Gasteiger partial charge in [-0.25, -0.2) is 9.59 Å². The molecule has 1 aliphatic heterocycles. The smallest absolute Gasteiger partial charge is 0.410 e. The molecule has 1 aromatic heterocycles. The van der Waals surface area contributed by atoms with E-state index in [0.29, 0.717) is 50.3 Å². The molecule has 0 fully saturated rings. The number of amides is 4. The lowest BCUT2D eigenvalue weighted by molar-refractivity contribution is -0.115. The van der Waals surface area contributed by atoms with Crippen LogP contribution in [0.1, 0.15) is 71.3 Å². The Hall–Kier alpha value is -4.82. The number of carbonyl (C=O) groups excluding carboxylic acids is 5. The molecule has 3 aromatic carbocycles. The van der Waals surface area contributed by atoms with Gasteiger partial charge in [0.05, 0.1) is 24.0 Å². The Morgan fingerprint density at radius 3 is 2.42 bits per heavy atom. The number of thiophene rings is 1. The van der Waals surface area contributed by atoms with Crippen LogP contribution in [0.2, 0.25) is 10.0 Å². The third-order valence-corrected chi connectivity index (χ3v) is 10.8. The number of ether oxygens (including phenoxy) is 2. The fourth-order valence-electron chi connectivity index (χ4n) is 5.43. The lowest BCUT2D eigenvalue weighted by atomic mass is 10.0. The zero-order valence-corrected chi connectivity index (χ0v) is 33.9. The van der Waals surface area contributed by atoms with Crippen LogP contribution in [-0.4, -0.2) is 58.7 Å². The first-order valence-electron chi connectivity index (χ1n) is 17.3. The average molecular weight is 824 g/mol. The number of hydrogen-bond donors (Lipinski definition) is 3. The number of nitrogens with one attached hydrogen (secondary N) is 3. The van der Waals surface area contributed by atoms with Crippen molar-refractivity contribution in [2.45, 2.75) is 63.3 Å². The van der Waals surface area contributed by atoms with E-state index in [2.05, 4.69) is 16.0 Å². The summed E-state index contributed by atoms with van der Waals surface area (Å²) in [6.45, 7) is 9.57. The highest BCUT2D eigenvalue weighted by Gasteiger charge is 2.33.